The average molecular weight is 175 g/mol. The van der Waals surface area contributed by atoms with Crippen molar-refractivity contribution in [1.29, 1.82) is 5.26 Å². The lowest BCUT2D eigenvalue weighted by atomic mass is 10.3. The van der Waals surface area contributed by atoms with Crippen LogP contribution >= 0.6 is 0 Å². The van der Waals surface area contributed by atoms with Gasteiger partial charge in [-0.05, 0) is 18.6 Å². The highest BCUT2D eigenvalue weighted by molar-refractivity contribution is 5.38. The smallest absolute Gasteiger partial charge is 0.142 e. The van der Waals surface area contributed by atoms with Gasteiger partial charge in [0.25, 0.3) is 0 Å². The Labute approximate surface area is 78.4 Å². The summed E-state index contributed by atoms with van der Waals surface area (Å²) in [4.78, 5) is 4.09. The van der Waals surface area contributed by atoms with Crippen molar-refractivity contribution in [3.05, 3.63) is 23.9 Å². The molecule has 1 heterocycles. The van der Waals surface area contributed by atoms with Gasteiger partial charge >= 0.3 is 0 Å². The Hall–Kier alpha value is -1.56. The van der Waals surface area contributed by atoms with Crippen LogP contribution in [0.4, 0.5) is 5.82 Å². The van der Waals surface area contributed by atoms with Crippen LogP contribution in [0.5, 0.6) is 0 Å². The van der Waals surface area contributed by atoms with Gasteiger partial charge in [0.15, 0.2) is 0 Å². The summed E-state index contributed by atoms with van der Waals surface area (Å²) in [6.45, 7) is 3.05. The third-order valence-corrected chi connectivity index (χ3v) is 1.70. The maximum absolute atomic E-state index is 8.59. The van der Waals surface area contributed by atoms with E-state index < -0.39 is 0 Å². The zero-order valence-corrected chi connectivity index (χ0v) is 7.75. The number of hydrogen-bond acceptors (Lipinski definition) is 3. The number of anilines is 1. The zero-order chi connectivity index (χ0) is 9.52. The fourth-order valence-corrected chi connectivity index (χ4v) is 0.989. The van der Waals surface area contributed by atoms with Crippen molar-refractivity contribution in [2.24, 2.45) is 0 Å². The molecule has 1 rings (SSSR count). The van der Waals surface area contributed by atoms with E-state index in [9.17, 15) is 0 Å². The summed E-state index contributed by atoms with van der Waals surface area (Å²) in [6.07, 6.45) is 2.28. The molecule has 13 heavy (non-hydrogen) atoms. The highest BCUT2D eigenvalue weighted by Crippen LogP contribution is 2.03. The number of rotatable bonds is 4. The van der Waals surface area contributed by atoms with Crippen LogP contribution in [-0.4, -0.2) is 11.5 Å². The molecule has 0 atom stereocenters. The lowest BCUT2D eigenvalue weighted by molar-refractivity contribution is 0.831. The van der Waals surface area contributed by atoms with E-state index in [2.05, 4.69) is 17.2 Å². The van der Waals surface area contributed by atoms with Gasteiger partial charge in [-0.25, -0.2) is 4.98 Å². The molecule has 1 aromatic heterocycles. The minimum Gasteiger partial charge on any atom is -0.370 e. The van der Waals surface area contributed by atoms with Crippen molar-refractivity contribution in [1.82, 2.24) is 4.98 Å². The van der Waals surface area contributed by atoms with Gasteiger partial charge in [0.1, 0.15) is 17.6 Å². The Morgan fingerprint density at radius 2 is 2.38 bits per heavy atom. The second-order valence-corrected chi connectivity index (χ2v) is 2.80. The highest BCUT2D eigenvalue weighted by Gasteiger charge is 1.94. The molecule has 0 amide bonds. The molecule has 0 unspecified atom stereocenters. The van der Waals surface area contributed by atoms with Gasteiger partial charge < -0.3 is 5.32 Å². The second kappa shape index (κ2) is 5.15. The van der Waals surface area contributed by atoms with Gasteiger partial charge in [0.2, 0.25) is 0 Å². The van der Waals surface area contributed by atoms with Gasteiger partial charge in [-0.3, -0.25) is 0 Å². The van der Waals surface area contributed by atoms with E-state index >= 15 is 0 Å². The molecule has 0 radical (unpaired) electrons. The molecule has 0 aliphatic heterocycles. The minimum absolute atomic E-state index is 0.460. The Kier molecular flexibility index (Phi) is 3.77. The number of nitrogens with zero attached hydrogens (tertiary/aromatic N) is 2. The molecular weight excluding hydrogens is 162 g/mol. The van der Waals surface area contributed by atoms with Gasteiger partial charge in [-0.1, -0.05) is 19.4 Å². The number of aromatic nitrogens is 1. The zero-order valence-electron chi connectivity index (χ0n) is 7.75. The normalized spacial score (nSPS) is 9.23. The van der Waals surface area contributed by atoms with E-state index in [1.54, 1.807) is 6.07 Å². The van der Waals surface area contributed by atoms with Crippen molar-refractivity contribution in [3.8, 4) is 6.07 Å². The maximum atomic E-state index is 8.59. The summed E-state index contributed by atoms with van der Waals surface area (Å²) in [5.74, 6) is 0.785. The van der Waals surface area contributed by atoms with Crippen LogP contribution in [0.1, 0.15) is 25.5 Å². The van der Waals surface area contributed by atoms with Crippen LogP contribution in [0.2, 0.25) is 0 Å². The lowest BCUT2D eigenvalue weighted by Gasteiger charge is -2.03. The third kappa shape index (κ3) is 3.12. The molecule has 3 nitrogen and oxygen atoms in total. The number of nitriles is 1. The van der Waals surface area contributed by atoms with E-state index in [-0.39, 0.29) is 0 Å². The quantitative estimate of drug-likeness (QED) is 0.713. The molecule has 0 saturated carbocycles. The van der Waals surface area contributed by atoms with Crippen molar-refractivity contribution in [3.63, 3.8) is 0 Å². The Bertz CT molecular complexity index is 301. The number of nitrogens with one attached hydrogen (secondary N) is 1. The van der Waals surface area contributed by atoms with Crippen LogP contribution in [0.3, 0.4) is 0 Å². The van der Waals surface area contributed by atoms with Crippen LogP contribution in [0.15, 0.2) is 18.2 Å². The highest BCUT2D eigenvalue weighted by atomic mass is 15.0. The summed E-state index contributed by atoms with van der Waals surface area (Å²) in [5, 5.41) is 11.8. The second-order valence-electron chi connectivity index (χ2n) is 2.80. The van der Waals surface area contributed by atoms with Crippen molar-refractivity contribution in [2.75, 3.05) is 11.9 Å². The molecule has 0 spiro atoms. The predicted molar refractivity (Wildman–Crippen MR) is 52.3 cm³/mol. The first kappa shape index (κ1) is 9.53. The molecule has 68 valence electrons. The minimum atomic E-state index is 0.460. The molecule has 1 N–H and O–H groups in total. The number of pyridine rings is 1. The molecule has 0 saturated heterocycles. The monoisotopic (exact) mass is 175 g/mol. The van der Waals surface area contributed by atoms with Crippen molar-refractivity contribution >= 4 is 5.82 Å². The molecule has 1 aromatic rings. The summed E-state index contributed by atoms with van der Waals surface area (Å²) in [6, 6.07) is 7.41. The fraction of sp³-hybridized carbons (Fsp3) is 0.400. The first-order valence-corrected chi connectivity index (χ1v) is 4.48. The fourth-order valence-electron chi connectivity index (χ4n) is 0.989. The number of hydrogen-bond donors (Lipinski definition) is 1. The SMILES string of the molecule is CCCCNc1cccc(C#N)n1. The first-order valence-electron chi connectivity index (χ1n) is 4.48. The van der Waals surface area contributed by atoms with Crippen LogP contribution < -0.4 is 5.32 Å². The summed E-state index contributed by atoms with van der Waals surface area (Å²) < 4.78 is 0. The largest absolute Gasteiger partial charge is 0.370 e. The molecular formula is C10H13N3. The van der Waals surface area contributed by atoms with Crippen molar-refractivity contribution < 1.29 is 0 Å². The Morgan fingerprint density at radius 1 is 1.54 bits per heavy atom. The van der Waals surface area contributed by atoms with E-state index in [1.165, 1.54) is 0 Å². The van der Waals surface area contributed by atoms with Crippen LogP contribution in [0.25, 0.3) is 0 Å². The lowest BCUT2D eigenvalue weighted by Crippen LogP contribution is -2.02. The third-order valence-electron chi connectivity index (χ3n) is 1.70. The van der Waals surface area contributed by atoms with Gasteiger partial charge in [0.05, 0.1) is 0 Å². The molecule has 0 aromatic carbocycles. The van der Waals surface area contributed by atoms with Crippen LogP contribution in [0, 0.1) is 11.3 Å². The van der Waals surface area contributed by atoms with Gasteiger partial charge in [0, 0.05) is 6.54 Å². The number of unbranched alkanes of at least 4 members (excludes halogenated alkanes) is 1. The molecule has 0 fully saturated rings. The summed E-state index contributed by atoms with van der Waals surface area (Å²) >= 11 is 0. The first-order chi connectivity index (χ1) is 6.36. The van der Waals surface area contributed by atoms with Gasteiger partial charge in [-0.2, -0.15) is 5.26 Å². The van der Waals surface area contributed by atoms with E-state index in [0.717, 1.165) is 25.2 Å². The van der Waals surface area contributed by atoms with E-state index in [4.69, 9.17) is 5.26 Å². The molecule has 0 aliphatic carbocycles. The predicted octanol–water partition coefficient (Wildman–Crippen LogP) is 2.17. The summed E-state index contributed by atoms with van der Waals surface area (Å²) in [7, 11) is 0. The Balaban J connectivity index is 2.52. The summed E-state index contributed by atoms with van der Waals surface area (Å²) in [5.41, 5.74) is 0.460. The van der Waals surface area contributed by atoms with Crippen molar-refractivity contribution in [2.45, 2.75) is 19.8 Å². The molecule has 0 aliphatic rings. The molecule has 0 bridgehead atoms. The standard InChI is InChI=1S/C10H13N3/c1-2-3-7-12-10-6-4-5-9(8-11)13-10/h4-6H,2-3,7H2,1H3,(H,12,13). The average Bonchev–Trinajstić information content (AvgIpc) is 2.19. The maximum Gasteiger partial charge on any atom is 0.142 e. The Morgan fingerprint density at radius 3 is 3.08 bits per heavy atom. The topological polar surface area (TPSA) is 48.7 Å². The van der Waals surface area contributed by atoms with E-state index in [0.29, 0.717) is 5.69 Å². The van der Waals surface area contributed by atoms with E-state index in [1.807, 2.05) is 18.2 Å². The molecule has 3 heteroatoms. The van der Waals surface area contributed by atoms with Gasteiger partial charge in [-0.15, -0.1) is 0 Å². The van der Waals surface area contributed by atoms with Crippen LogP contribution in [-0.2, 0) is 0 Å².